The first-order chi connectivity index (χ1) is 17.4. The van der Waals surface area contributed by atoms with E-state index in [0.29, 0.717) is 5.82 Å². The molecule has 2 heterocycles. The number of nitrogens with zero attached hydrogens (tertiary/aromatic N) is 5. The summed E-state index contributed by atoms with van der Waals surface area (Å²) in [7, 11) is 0. The Morgan fingerprint density at radius 1 is 1.11 bits per heavy atom. The van der Waals surface area contributed by atoms with Crippen molar-refractivity contribution in [2.24, 2.45) is 5.92 Å². The van der Waals surface area contributed by atoms with E-state index in [-0.39, 0.29) is 18.6 Å². The maximum absolute atomic E-state index is 12.9. The predicted octanol–water partition coefficient (Wildman–Crippen LogP) is 4.29. The molecule has 4 aromatic rings. The van der Waals surface area contributed by atoms with Crippen molar-refractivity contribution in [2.75, 3.05) is 0 Å². The average Bonchev–Trinajstić information content (AvgIpc) is 3.50. The van der Waals surface area contributed by atoms with Gasteiger partial charge in [0.25, 0.3) is 0 Å². The topological polar surface area (TPSA) is 134 Å². The van der Waals surface area contributed by atoms with Gasteiger partial charge in [-0.3, -0.25) is 4.90 Å². The molecule has 1 fully saturated rings. The molecule has 1 aliphatic carbocycles. The van der Waals surface area contributed by atoms with Gasteiger partial charge in [-0.15, -0.1) is 5.10 Å². The second-order valence-corrected chi connectivity index (χ2v) is 9.26. The third-order valence-corrected chi connectivity index (χ3v) is 6.16. The Morgan fingerprint density at radius 3 is 2.56 bits per heavy atom. The highest BCUT2D eigenvalue weighted by molar-refractivity contribution is 5.86. The molecule has 0 aliphatic heterocycles. The first-order valence-electron chi connectivity index (χ1n) is 11.8. The SMILES string of the molecule is CC(C)[C@@H](C(=O)O)N(Cc1ccc2nc(-c3ccccc3-c3nnn[nH]3)ccc2c1)C(=O)OC1CC1. The number of benzene rings is 2. The maximum Gasteiger partial charge on any atom is 0.411 e. The van der Waals surface area contributed by atoms with Crippen molar-refractivity contribution in [1.82, 2.24) is 30.5 Å². The minimum atomic E-state index is -1.05. The molecule has 1 aliphatic rings. The average molecular weight is 487 g/mol. The van der Waals surface area contributed by atoms with Crippen molar-refractivity contribution in [1.29, 1.82) is 0 Å². The number of aromatic amines is 1. The molecular weight excluding hydrogens is 460 g/mol. The molecule has 5 rings (SSSR count). The molecule has 0 bridgehead atoms. The van der Waals surface area contributed by atoms with Gasteiger partial charge in [-0.2, -0.15) is 0 Å². The second-order valence-electron chi connectivity index (χ2n) is 9.26. The van der Waals surface area contributed by atoms with Crippen molar-refractivity contribution in [3.8, 4) is 22.6 Å². The Labute approximate surface area is 207 Å². The lowest BCUT2D eigenvalue weighted by atomic mass is 10.0. The Hall–Kier alpha value is -4.34. The quantitative estimate of drug-likeness (QED) is 0.377. The lowest BCUT2D eigenvalue weighted by molar-refractivity contribution is -0.144. The van der Waals surface area contributed by atoms with E-state index in [1.807, 2.05) is 54.6 Å². The van der Waals surface area contributed by atoms with Crippen LogP contribution in [0.2, 0.25) is 0 Å². The number of rotatable bonds is 8. The highest BCUT2D eigenvalue weighted by atomic mass is 16.6. The van der Waals surface area contributed by atoms with Crippen LogP contribution in [0.15, 0.2) is 54.6 Å². The molecular formula is C26H26N6O4. The van der Waals surface area contributed by atoms with Crippen LogP contribution in [-0.2, 0) is 16.1 Å². The highest BCUT2D eigenvalue weighted by Gasteiger charge is 2.36. The molecule has 0 spiro atoms. The van der Waals surface area contributed by atoms with Crippen molar-refractivity contribution >= 4 is 23.0 Å². The number of pyridine rings is 1. The summed E-state index contributed by atoms with van der Waals surface area (Å²) < 4.78 is 5.47. The van der Waals surface area contributed by atoms with Gasteiger partial charge in [-0.05, 0) is 52.9 Å². The Kier molecular flexibility index (Phi) is 6.32. The molecule has 2 aromatic heterocycles. The number of hydrogen-bond donors (Lipinski definition) is 2. The monoisotopic (exact) mass is 486 g/mol. The van der Waals surface area contributed by atoms with Crippen LogP contribution in [0.5, 0.6) is 0 Å². The number of carboxylic acids is 1. The molecule has 0 saturated heterocycles. The number of aromatic nitrogens is 5. The number of tetrazole rings is 1. The zero-order valence-electron chi connectivity index (χ0n) is 20.0. The van der Waals surface area contributed by atoms with Gasteiger partial charge in [0.2, 0.25) is 0 Å². The van der Waals surface area contributed by atoms with E-state index < -0.39 is 18.1 Å². The van der Waals surface area contributed by atoms with Crippen LogP contribution >= 0.6 is 0 Å². The summed E-state index contributed by atoms with van der Waals surface area (Å²) in [5.74, 6) is -0.775. The summed E-state index contributed by atoms with van der Waals surface area (Å²) in [5.41, 5.74) is 4.06. The van der Waals surface area contributed by atoms with Crippen LogP contribution < -0.4 is 0 Å². The molecule has 2 aromatic carbocycles. The van der Waals surface area contributed by atoms with Crippen LogP contribution in [0.25, 0.3) is 33.5 Å². The molecule has 0 radical (unpaired) electrons. The third kappa shape index (κ3) is 4.88. The van der Waals surface area contributed by atoms with Gasteiger partial charge < -0.3 is 9.84 Å². The Balaban J connectivity index is 1.45. The van der Waals surface area contributed by atoms with Crippen molar-refractivity contribution < 1.29 is 19.4 Å². The normalized spacial score (nSPS) is 14.1. The summed E-state index contributed by atoms with van der Waals surface area (Å²) in [6, 6.07) is 16.3. The van der Waals surface area contributed by atoms with Gasteiger partial charge >= 0.3 is 12.1 Å². The minimum Gasteiger partial charge on any atom is -0.480 e. The number of H-pyrrole nitrogens is 1. The van der Waals surface area contributed by atoms with Crippen LogP contribution in [0.3, 0.4) is 0 Å². The molecule has 36 heavy (non-hydrogen) atoms. The third-order valence-electron chi connectivity index (χ3n) is 6.16. The standard InChI is InChI=1S/C26H26N6O4/c1-15(2)23(25(33)34)32(26(35)36-18-9-10-18)14-16-7-11-21-17(13-16)8-12-22(27-21)19-5-3-4-6-20(19)24-28-30-31-29-24/h3-8,11-13,15,18,23H,9-10,14H2,1-2H3,(H,33,34)(H,28,29,30,31)/t23-/m0/s1. The first kappa shape index (κ1) is 23.4. The number of fused-ring (bicyclic) bond motifs is 1. The maximum atomic E-state index is 12.9. The summed E-state index contributed by atoms with van der Waals surface area (Å²) in [5, 5.41) is 24.8. The van der Waals surface area contributed by atoms with Gasteiger partial charge in [-0.25, -0.2) is 19.7 Å². The Bertz CT molecular complexity index is 1400. The van der Waals surface area contributed by atoms with E-state index in [1.54, 1.807) is 13.8 Å². The number of amides is 1. The molecule has 2 N–H and O–H groups in total. The van der Waals surface area contributed by atoms with E-state index in [4.69, 9.17) is 9.72 Å². The first-order valence-corrected chi connectivity index (χ1v) is 11.8. The number of aliphatic carboxylic acids is 1. The lowest BCUT2D eigenvalue weighted by Gasteiger charge is -2.31. The van der Waals surface area contributed by atoms with Crippen LogP contribution in [0, 0.1) is 5.92 Å². The fourth-order valence-corrected chi connectivity index (χ4v) is 4.26. The van der Waals surface area contributed by atoms with Gasteiger partial charge in [0, 0.05) is 23.1 Å². The van der Waals surface area contributed by atoms with Gasteiger partial charge in [0.1, 0.15) is 12.1 Å². The van der Waals surface area contributed by atoms with Gasteiger partial charge in [0.05, 0.1) is 11.2 Å². The molecule has 1 atom stereocenters. The fourth-order valence-electron chi connectivity index (χ4n) is 4.26. The van der Waals surface area contributed by atoms with Crippen LogP contribution in [-0.4, -0.2) is 59.8 Å². The van der Waals surface area contributed by atoms with E-state index in [0.717, 1.165) is 46.1 Å². The summed E-state index contributed by atoms with van der Waals surface area (Å²) in [6.07, 6.45) is 0.931. The van der Waals surface area contributed by atoms with E-state index in [1.165, 1.54) is 4.90 Å². The van der Waals surface area contributed by atoms with E-state index in [2.05, 4.69) is 20.6 Å². The number of nitrogens with one attached hydrogen (secondary N) is 1. The van der Waals surface area contributed by atoms with Gasteiger partial charge in [0.15, 0.2) is 5.82 Å². The molecule has 10 heteroatoms. The van der Waals surface area contributed by atoms with E-state index in [9.17, 15) is 14.7 Å². The van der Waals surface area contributed by atoms with Gasteiger partial charge in [-0.1, -0.05) is 50.2 Å². The summed E-state index contributed by atoms with van der Waals surface area (Å²) in [6.45, 7) is 3.70. The number of hydrogen-bond acceptors (Lipinski definition) is 7. The van der Waals surface area contributed by atoms with Crippen LogP contribution in [0.4, 0.5) is 4.79 Å². The lowest BCUT2D eigenvalue weighted by Crippen LogP contribution is -2.48. The minimum absolute atomic E-state index is 0.114. The molecule has 184 valence electrons. The molecule has 1 amide bonds. The van der Waals surface area contributed by atoms with Crippen molar-refractivity contribution in [2.45, 2.75) is 45.4 Å². The molecule has 1 saturated carbocycles. The summed E-state index contributed by atoms with van der Waals surface area (Å²) >= 11 is 0. The largest absolute Gasteiger partial charge is 0.480 e. The number of carbonyl (C=O) groups is 2. The number of carboxylic acid groups (broad SMARTS) is 1. The zero-order chi connectivity index (χ0) is 25.2. The Morgan fingerprint density at radius 2 is 1.89 bits per heavy atom. The highest BCUT2D eigenvalue weighted by Crippen LogP contribution is 2.30. The zero-order valence-corrected chi connectivity index (χ0v) is 20.0. The predicted molar refractivity (Wildman–Crippen MR) is 132 cm³/mol. The smallest absolute Gasteiger partial charge is 0.411 e. The molecule has 0 unspecified atom stereocenters. The van der Waals surface area contributed by atoms with E-state index >= 15 is 0 Å². The molecule has 10 nitrogen and oxygen atoms in total. The van der Waals surface area contributed by atoms with Crippen molar-refractivity contribution in [3.63, 3.8) is 0 Å². The fraction of sp³-hybridized carbons (Fsp3) is 0.308. The van der Waals surface area contributed by atoms with Crippen molar-refractivity contribution in [3.05, 3.63) is 60.2 Å². The number of carbonyl (C=O) groups excluding carboxylic acids is 1. The summed E-state index contributed by atoms with van der Waals surface area (Å²) in [4.78, 5) is 31.0. The second kappa shape index (κ2) is 9.73. The van der Waals surface area contributed by atoms with Crippen LogP contribution in [0.1, 0.15) is 32.3 Å². The number of ether oxygens (including phenoxy) is 1.